The molecule has 1 N–H and O–H groups in total. The van der Waals surface area contributed by atoms with E-state index in [-0.39, 0.29) is 17.5 Å². The van der Waals surface area contributed by atoms with E-state index in [4.69, 9.17) is 9.47 Å². The van der Waals surface area contributed by atoms with Crippen molar-refractivity contribution in [2.75, 3.05) is 6.61 Å². The molecular formula is C29H30O5. The number of allylic oxidation sites excluding steroid dienone is 1. The fourth-order valence-electron chi connectivity index (χ4n) is 3.75. The minimum atomic E-state index is -0.999. The number of aromatic carboxylic acids is 1. The molecule has 5 heteroatoms. The molecule has 0 atom stereocenters. The molecule has 0 aliphatic carbocycles. The van der Waals surface area contributed by atoms with Crippen LogP contribution in [0.3, 0.4) is 0 Å². The summed E-state index contributed by atoms with van der Waals surface area (Å²) in [5.41, 5.74) is 3.80. The molecule has 0 spiro atoms. The Morgan fingerprint density at radius 3 is 2.29 bits per heavy atom. The SMILES string of the molecule is Cc1cc(C=CC(=O)c2ccc(OCCc3ccccc3)cc2)c(OC(C)C)c(C)c1C(=O)O. The molecule has 34 heavy (non-hydrogen) atoms. The van der Waals surface area contributed by atoms with E-state index in [0.29, 0.717) is 40.4 Å². The molecule has 0 saturated carbocycles. The monoisotopic (exact) mass is 458 g/mol. The van der Waals surface area contributed by atoms with E-state index in [0.717, 1.165) is 6.42 Å². The van der Waals surface area contributed by atoms with Gasteiger partial charge in [-0.1, -0.05) is 30.3 Å². The topological polar surface area (TPSA) is 72.8 Å². The van der Waals surface area contributed by atoms with Crippen LogP contribution in [-0.2, 0) is 6.42 Å². The summed E-state index contributed by atoms with van der Waals surface area (Å²) in [6.07, 6.45) is 3.83. The molecule has 0 radical (unpaired) electrons. The largest absolute Gasteiger partial charge is 0.493 e. The van der Waals surface area contributed by atoms with Crippen molar-refractivity contribution in [3.63, 3.8) is 0 Å². The van der Waals surface area contributed by atoms with E-state index >= 15 is 0 Å². The minimum Gasteiger partial charge on any atom is -0.493 e. The van der Waals surface area contributed by atoms with Gasteiger partial charge >= 0.3 is 5.97 Å². The Morgan fingerprint density at radius 1 is 1.00 bits per heavy atom. The Balaban J connectivity index is 1.71. The summed E-state index contributed by atoms with van der Waals surface area (Å²) in [5, 5.41) is 9.56. The Labute approximate surface area is 200 Å². The number of carbonyl (C=O) groups is 2. The average molecular weight is 459 g/mol. The highest BCUT2D eigenvalue weighted by Crippen LogP contribution is 2.32. The zero-order chi connectivity index (χ0) is 24.7. The van der Waals surface area contributed by atoms with E-state index in [9.17, 15) is 14.7 Å². The first-order chi connectivity index (χ1) is 16.3. The van der Waals surface area contributed by atoms with Gasteiger partial charge in [0, 0.05) is 23.1 Å². The second kappa shape index (κ2) is 11.3. The molecule has 3 rings (SSSR count). The van der Waals surface area contributed by atoms with Gasteiger partial charge in [0.25, 0.3) is 0 Å². The lowest BCUT2D eigenvalue weighted by atomic mass is 9.97. The zero-order valence-electron chi connectivity index (χ0n) is 20.0. The number of carbonyl (C=O) groups excluding carboxylic acids is 1. The molecule has 0 saturated heterocycles. The van der Waals surface area contributed by atoms with Crippen LogP contribution in [0.1, 0.15) is 56.8 Å². The number of ketones is 1. The van der Waals surface area contributed by atoms with Crippen LogP contribution in [0.25, 0.3) is 6.08 Å². The van der Waals surface area contributed by atoms with Crippen molar-refractivity contribution < 1.29 is 24.2 Å². The molecule has 0 aromatic heterocycles. The minimum absolute atomic E-state index is 0.139. The van der Waals surface area contributed by atoms with Crippen LogP contribution >= 0.6 is 0 Å². The van der Waals surface area contributed by atoms with Crippen molar-refractivity contribution in [2.24, 2.45) is 0 Å². The molecule has 0 amide bonds. The number of benzene rings is 3. The van der Waals surface area contributed by atoms with E-state index < -0.39 is 5.97 Å². The Kier molecular flexibility index (Phi) is 8.25. The van der Waals surface area contributed by atoms with Gasteiger partial charge in [-0.05, 0) is 81.3 Å². The average Bonchev–Trinajstić information content (AvgIpc) is 2.80. The summed E-state index contributed by atoms with van der Waals surface area (Å²) < 4.78 is 11.7. The lowest BCUT2D eigenvalue weighted by Gasteiger charge is -2.18. The summed E-state index contributed by atoms with van der Waals surface area (Å²) in [6.45, 7) is 7.78. The number of ether oxygens (including phenoxy) is 2. The van der Waals surface area contributed by atoms with E-state index in [1.54, 1.807) is 50.3 Å². The molecule has 0 bridgehead atoms. The summed E-state index contributed by atoms with van der Waals surface area (Å²) in [5.74, 6) is 0.0223. The number of rotatable bonds is 10. The molecule has 0 aliphatic rings. The van der Waals surface area contributed by atoms with Crippen molar-refractivity contribution in [1.82, 2.24) is 0 Å². The van der Waals surface area contributed by atoms with Gasteiger partial charge < -0.3 is 14.6 Å². The van der Waals surface area contributed by atoms with Crippen molar-refractivity contribution in [3.05, 3.63) is 100 Å². The van der Waals surface area contributed by atoms with Gasteiger partial charge in [0.15, 0.2) is 5.78 Å². The highest BCUT2D eigenvalue weighted by atomic mass is 16.5. The van der Waals surface area contributed by atoms with Crippen LogP contribution in [0.2, 0.25) is 0 Å². The van der Waals surface area contributed by atoms with Crippen LogP contribution < -0.4 is 9.47 Å². The lowest BCUT2D eigenvalue weighted by molar-refractivity contribution is 0.0694. The van der Waals surface area contributed by atoms with Gasteiger partial charge in [-0.25, -0.2) is 4.79 Å². The number of carboxylic acids is 1. The first kappa shape index (κ1) is 24.8. The molecule has 0 fully saturated rings. The number of aryl methyl sites for hydroxylation is 1. The maximum absolute atomic E-state index is 12.7. The van der Waals surface area contributed by atoms with E-state index in [1.807, 2.05) is 32.0 Å². The van der Waals surface area contributed by atoms with E-state index in [2.05, 4.69) is 12.1 Å². The van der Waals surface area contributed by atoms with Gasteiger partial charge in [-0.15, -0.1) is 0 Å². The van der Waals surface area contributed by atoms with Crippen molar-refractivity contribution in [1.29, 1.82) is 0 Å². The van der Waals surface area contributed by atoms with Gasteiger partial charge in [0.05, 0.1) is 18.3 Å². The Hall–Kier alpha value is -3.86. The fourth-order valence-corrected chi connectivity index (χ4v) is 3.75. The molecule has 0 unspecified atom stereocenters. The Bertz CT molecular complexity index is 1180. The number of hydrogen-bond donors (Lipinski definition) is 1. The van der Waals surface area contributed by atoms with Gasteiger partial charge in [-0.2, -0.15) is 0 Å². The lowest BCUT2D eigenvalue weighted by Crippen LogP contribution is -2.12. The first-order valence-corrected chi connectivity index (χ1v) is 11.3. The van der Waals surface area contributed by atoms with Gasteiger partial charge in [0.2, 0.25) is 0 Å². The summed E-state index contributed by atoms with van der Waals surface area (Å²) in [7, 11) is 0. The maximum atomic E-state index is 12.7. The molecule has 0 aliphatic heterocycles. The second-order valence-corrected chi connectivity index (χ2v) is 8.39. The normalized spacial score (nSPS) is 11.1. The number of hydrogen-bond acceptors (Lipinski definition) is 4. The van der Waals surface area contributed by atoms with Crippen LogP contribution in [0.5, 0.6) is 11.5 Å². The smallest absolute Gasteiger partial charge is 0.336 e. The van der Waals surface area contributed by atoms with Crippen LogP contribution in [0, 0.1) is 13.8 Å². The predicted octanol–water partition coefficient (Wildman–Crippen LogP) is 6.31. The van der Waals surface area contributed by atoms with Crippen molar-refractivity contribution in [2.45, 2.75) is 40.2 Å². The maximum Gasteiger partial charge on any atom is 0.336 e. The standard InChI is InChI=1S/C29H30O5/c1-19(2)34-28-21(4)27(29(31)32)20(3)18-24(28)12-15-26(30)23-10-13-25(14-11-23)33-17-16-22-8-6-5-7-9-22/h5-15,18-19H,16-17H2,1-4H3,(H,31,32). The summed E-state index contributed by atoms with van der Waals surface area (Å²) in [6, 6.07) is 18.9. The quantitative estimate of drug-likeness (QED) is 0.285. The van der Waals surface area contributed by atoms with Crippen LogP contribution in [0.4, 0.5) is 0 Å². The first-order valence-electron chi connectivity index (χ1n) is 11.3. The molecule has 3 aromatic carbocycles. The highest BCUT2D eigenvalue weighted by molar-refractivity contribution is 6.07. The van der Waals surface area contributed by atoms with Crippen LogP contribution in [0.15, 0.2) is 66.7 Å². The van der Waals surface area contributed by atoms with Gasteiger partial charge in [-0.3, -0.25) is 4.79 Å². The zero-order valence-corrected chi connectivity index (χ0v) is 20.0. The van der Waals surface area contributed by atoms with Crippen molar-refractivity contribution >= 4 is 17.8 Å². The van der Waals surface area contributed by atoms with Gasteiger partial charge in [0.1, 0.15) is 11.5 Å². The molecular weight excluding hydrogens is 428 g/mol. The molecule has 3 aromatic rings. The highest BCUT2D eigenvalue weighted by Gasteiger charge is 2.19. The third kappa shape index (κ3) is 6.35. The summed E-state index contributed by atoms with van der Waals surface area (Å²) >= 11 is 0. The van der Waals surface area contributed by atoms with E-state index in [1.165, 1.54) is 11.6 Å². The third-order valence-electron chi connectivity index (χ3n) is 5.37. The van der Waals surface area contributed by atoms with Crippen LogP contribution in [-0.4, -0.2) is 29.6 Å². The Morgan fingerprint density at radius 2 is 1.68 bits per heavy atom. The number of carboxylic acid groups (broad SMARTS) is 1. The molecule has 5 nitrogen and oxygen atoms in total. The fraction of sp³-hybridized carbons (Fsp3) is 0.241. The second-order valence-electron chi connectivity index (χ2n) is 8.39. The predicted molar refractivity (Wildman–Crippen MR) is 134 cm³/mol. The molecule has 0 heterocycles. The summed E-state index contributed by atoms with van der Waals surface area (Å²) in [4.78, 5) is 24.4. The molecule has 176 valence electrons. The third-order valence-corrected chi connectivity index (χ3v) is 5.37. The van der Waals surface area contributed by atoms with Crippen molar-refractivity contribution in [3.8, 4) is 11.5 Å².